The summed E-state index contributed by atoms with van der Waals surface area (Å²) in [4.78, 5) is 11.5. The minimum atomic E-state index is -3.79. The van der Waals surface area contributed by atoms with Crippen LogP contribution >= 0.6 is 11.6 Å². The molecule has 1 aromatic carbocycles. The molecule has 0 bridgehead atoms. The van der Waals surface area contributed by atoms with E-state index in [2.05, 4.69) is 5.32 Å². The summed E-state index contributed by atoms with van der Waals surface area (Å²) in [6.07, 6.45) is 0.585. The predicted octanol–water partition coefficient (Wildman–Crippen LogP) is 1.55. The van der Waals surface area contributed by atoms with Gasteiger partial charge in [0.15, 0.2) is 9.84 Å². The molecular weight excluding hydrogens is 321 g/mol. The van der Waals surface area contributed by atoms with Crippen LogP contribution in [0, 0.1) is 5.82 Å². The summed E-state index contributed by atoms with van der Waals surface area (Å²) in [6.45, 7) is 0.792. The lowest BCUT2D eigenvalue weighted by atomic mass is 10.2. The van der Waals surface area contributed by atoms with Crippen LogP contribution in [-0.4, -0.2) is 40.3 Å². The number of methoxy groups -OCH3 is 1. The topological polar surface area (TPSA) is 72.5 Å². The Kier molecular flexibility index (Phi) is 7.07. The highest BCUT2D eigenvalue weighted by atomic mass is 35.5. The monoisotopic (exact) mass is 337 g/mol. The number of amides is 1. The molecule has 0 radical (unpaired) electrons. The average Bonchev–Trinajstić information content (AvgIpc) is 2.39. The number of carbonyl (C=O) groups is 1. The van der Waals surface area contributed by atoms with Gasteiger partial charge in [-0.15, -0.1) is 0 Å². The quantitative estimate of drug-likeness (QED) is 0.730. The molecule has 1 amide bonds. The van der Waals surface area contributed by atoms with Crippen LogP contribution in [0.25, 0.3) is 0 Å². The van der Waals surface area contributed by atoms with Gasteiger partial charge in [0, 0.05) is 30.8 Å². The second-order valence-electron chi connectivity index (χ2n) is 4.43. The molecule has 0 spiro atoms. The molecule has 0 atom stereocenters. The first-order chi connectivity index (χ1) is 9.85. The van der Waals surface area contributed by atoms with Gasteiger partial charge in [0.2, 0.25) is 5.91 Å². The minimum absolute atomic E-state index is 0.0269. The number of hydrogen-bond donors (Lipinski definition) is 1. The summed E-state index contributed by atoms with van der Waals surface area (Å²) in [6, 6.07) is 3.91. The zero-order valence-electron chi connectivity index (χ0n) is 11.6. The van der Waals surface area contributed by atoms with E-state index in [1.54, 1.807) is 0 Å². The number of rotatable bonds is 8. The normalized spacial score (nSPS) is 11.4. The van der Waals surface area contributed by atoms with Gasteiger partial charge in [0.25, 0.3) is 0 Å². The molecule has 1 N–H and O–H groups in total. The van der Waals surface area contributed by atoms with Crippen molar-refractivity contribution < 1.29 is 22.3 Å². The van der Waals surface area contributed by atoms with E-state index in [1.165, 1.54) is 19.2 Å². The van der Waals surface area contributed by atoms with Crippen molar-refractivity contribution in [3.8, 4) is 0 Å². The number of ether oxygens (including phenoxy) is 1. The molecule has 1 aromatic rings. The van der Waals surface area contributed by atoms with Gasteiger partial charge in [-0.05, 0) is 18.6 Å². The fraction of sp³-hybridized carbons (Fsp3) is 0.462. The molecule has 118 valence electrons. The van der Waals surface area contributed by atoms with Crippen molar-refractivity contribution in [2.45, 2.75) is 12.2 Å². The summed E-state index contributed by atoms with van der Waals surface area (Å²) in [5.74, 6) is -2.64. The van der Waals surface area contributed by atoms with Crippen LogP contribution in [0.1, 0.15) is 12.0 Å². The molecule has 0 saturated carbocycles. The van der Waals surface area contributed by atoms with E-state index in [9.17, 15) is 17.6 Å². The lowest BCUT2D eigenvalue weighted by Gasteiger charge is -2.08. The summed E-state index contributed by atoms with van der Waals surface area (Å²) < 4.78 is 42.1. The van der Waals surface area contributed by atoms with Gasteiger partial charge in [-0.25, -0.2) is 12.8 Å². The maximum Gasteiger partial charge on any atom is 0.235 e. The van der Waals surface area contributed by atoms with E-state index in [0.29, 0.717) is 19.6 Å². The van der Waals surface area contributed by atoms with E-state index in [1.807, 2.05) is 0 Å². The van der Waals surface area contributed by atoms with E-state index in [-0.39, 0.29) is 10.6 Å². The van der Waals surface area contributed by atoms with E-state index in [0.717, 1.165) is 6.07 Å². The van der Waals surface area contributed by atoms with Crippen molar-refractivity contribution in [3.63, 3.8) is 0 Å². The molecule has 0 aromatic heterocycles. The fourth-order valence-corrected chi connectivity index (χ4v) is 3.28. The van der Waals surface area contributed by atoms with Crippen LogP contribution in [0.3, 0.4) is 0 Å². The Bertz CT molecular complexity index is 572. The third-order valence-electron chi connectivity index (χ3n) is 2.62. The van der Waals surface area contributed by atoms with Gasteiger partial charge >= 0.3 is 0 Å². The number of hydrogen-bond acceptors (Lipinski definition) is 4. The molecule has 0 heterocycles. The van der Waals surface area contributed by atoms with Gasteiger partial charge in [-0.3, -0.25) is 4.79 Å². The van der Waals surface area contributed by atoms with E-state index >= 15 is 0 Å². The average molecular weight is 338 g/mol. The maximum atomic E-state index is 13.5. The van der Waals surface area contributed by atoms with Crippen LogP contribution in [0.4, 0.5) is 4.39 Å². The minimum Gasteiger partial charge on any atom is -0.385 e. The molecule has 0 aliphatic carbocycles. The van der Waals surface area contributed by atoms with Crippen molar-refractivity contribution in [3.05, 3.63) is 34.6 Å². The van der Waals surface area contributed by atoms with Gasteiger partial charge < -0.3 is 10.1 Å². The Morgan fingerprint density at radius 3 is 2.76 bits per heavy atom. The van der Waals surface area contributed by atoms with Crippen molar-refractivity contribution >= 4 is 27.3 Å². The number of nitrogens with one attached hydrogen (secondary N) is 1. The van der Waals surface area contributed by atoms with E-state index in [4.69, 9.17) is 16.3 Å². The first kappa shape index (κ1) is 17.9. The molecule has 0 fully saturated rings. The Labute approximate surface area is 128 Å². The number of halogens is 2. The first-order valence-corrected chi connectivity index (χ1v) is 8.44. The predicted molar refractivity (Wildman–Crippen MR) is 78.4 cm³/mol. The molecule has 0 unspecified atom stereocenters. The smallest absolute Gasteiger partial charge is 0.235 e. The van der Waals surface area contributed by atoms with Crippen LogP contribution in [0.2, 0.25) is 5.02 Å². The SMILES string of the molecule is COCCCNC(=O)CS(=O)(=O)Cc1c(F)cccc1Cl. The van der Waals surface area contributed by atoms with E-state index < -0.39 is 33.1 Å². The zero-order valence-corrected chi connectivity index (χ0v) is 13.1. The second kappa shape index (κ2) is 8.31. The number of sulfone groups is 1. The molecule has 0 aliphatic rings. The van der Waals surface area contributed by atoms with Crippen molar-refractivity contribution in [1.82, 2.24) is 5.32 Å². The second-order valence-corrected chi connectivity index (χ2v) is 6.90. The van der Waals surface area contributed by atoms with Crippen LogP contribution in [0.5, 0.6) is 0 Å². The molecule has 0 aliphatic heterocycles. The maximum absolute atomic E-state index is 13.5. The zero-order chi connectivity index (χ0) is 15.9. The molecule has 8 heteroatoms. The van der Waals surface area contributed by atoms with Gasteiger partial charge in [-0.1, -0.05) is 17.7 Å². The first-order valence-electron chi connectivity index (χ1n) is 6.24. The van der Waals surface area contributed by atoms with Crippen molar-refractivity contribution in [2.24, 2.45) is 0 Å². The molecule has 1 rings (SSSR count). The molecule has 5 nitrogen and oxygen atoms in total. The Hall–Kier alpha value is -1.18. The summed E-state index contributed by atoms with van der Waals surface area (Å²) in [5, 5.41) is 2.49. The highest BCUT2D eigenvalue weighted by Crippen LogP contribution is 2.21. The van der Waals surface area contributed by atoms with Crippen LogP contribution in [0.15, 0.2) is 18.2 Å². The Morgan fingerprint density at radius 2 is 2.14 bits per heavy atom. The van der Waals surface area contributed by atoms with Crippen molar-refractivity contribution in [2.75, 3.05) is 26.0 Å². The third kappa shape index (κ3) is 6.41. The largest absolute Gasteiger partial charge is 0.385 e. The lowest BCUT2D eigenvalue weighted by Crippen LogP contribution is -2.32. The summed E-state index contributed by atoms with van der Waals surface area (Å²) in [5.41, 5.74) is -0.119. The highest BCUT2D eigenvalue weighted by Gasteiger charge is 2.20. The summed E-state index contributed by atoms with van der Waals surface area (Å²) >= 11 is 5.77. The Morgan fingerprint density at radius 1 is 1.43 bits per heavy atom. The van der Waals surface area contributed by atoms with Crippen molar-refractivity contribution in [1.29, 1.82) is 0 Å². The number of benzene rings is 1. The van der Waals surface area contributed by atoms with Crippen LogP contribution in [-0.2, 0) is 25.1 Å². The fourth-order valence-electron chi connectivity index (χ4n) is 1.64. The standard InChI is InChI=1S/C13H17ClFNO4S/c1-20-7-3-6-16-13(17)9-21(18,19)8-10-11(14)4-2-5-12(10)15/h2,4-5H,3,6-9H2,1H3,(H,16,17). The lowest BCUT2D eigenvalue weighted by molar-refractivity contribution is -0.118. The van der Waals surface area contributed by atoms with Gasteiger partial charge in [0.05, 0.1) is 5.75 Å². The summed E-state index contributed by atoms with van der Waals surface area (Å²) in [7, 11) is -2.26. The van der Waals surface area contributed by atoms with Gasteiger partial charge in [0.1, 0.15) is 11.6 Å². The Balaban J connectivity index is 2.60. The third-order valence-corrected chi connectivity index (χ3v) is 4.41. The highest BCUT2D eigenvalue weighted by molar-refractivity contribution is 7.91. The number of carbonyl (C=O) groups excluding carboxylic acids is 1. The molecular formula is C13H17ClFNO4S. The van der Waals surface area contributed by atoms with Gasteiger partial charge in [-0.2, -0.15) is 0 Å². The molecule has 21 heavy (non-hydrogen) atoms. The molecule has 0 saturated heterocycles. The van der Waals surface area contributed by atoms with Crippen LogP contribution < -0.4 is 5.32 Å².